The second kappa shape index (κ2) is 8.31. The van der Waals surface area contributed by atoms with E-state index < -0.39 is 0 Å². The highest BCUT2D eigenvalue weighted by molar-refractivity contribution is 5.98. The molecule has 0 spiro atoms. The van der Waals surface area contributed by atoms with E-state index in [4.69, 9.17) is 0 Å². The Labute approximate surface area is 157 Å². The number of nitrogens with one attached hydrogen (secondary N) is 4. The Morgan fingerprint density at radius 2 is 1.93 bits per heavy atom. The second-order valence-corrected chi connectivity index (χ2v) is 6.33. The van der Waals surface area contributed by atoms with Gasteiger partial charge in [-0.25, -0.2) is 14.8 Å². The van der Waals surface area contributed by atoms with Crippen LogP contribution in [0, 0.1) is 20.8 Å². The van der Waals surface area contributed by atoms with E-state index >= 15 is 0 Å². The zero-order valence-corrected chi connectivity index (χ0v) is 15.6. The van der Waals surface area contributed by atoms with Crippen molar-refractivity contribution in [1.82, 2.24) is 19.9 Å². The predicted octanol–water partition coefficient (Wildman–Crippen LogP) is 3.42. The van der Waals surface area contributed by atoms with Crippen LogP contribution < -0.4 is 16.0 Å². The van der Waals surface area contributed by atoms with Crippen molar-refractivity contribution in [3.63, 3.8) is 0 Å². The number of carbonyl (C=O) groups is 1. The minimum absolute atomic E-state index is 0.249. The van der Waals surface area contributed by atoms with Crippen molar-refractivity contribution in [1.29, 1.82) is 0 Å². The van der Waals surface area contributed by atoms with Crippen LogP contribution in [0.1, 0.15) is 22.5 Å². The largest absolute Gasteiger partial charge is 0.370 e. The number of aryl methyl sites for hydroxylation is 3. The number of carbonyl (C=O) groups excluding carboxylic acids is 1. The SMILES string of the molecule is Cc1cc(NCCc2c[nH]cn2)nc(NC(=O)Nc2ccc(C)c(C)c2)n1. The maximum atomic E-state index is 12.2. The summed E-state index contributed by atoms with van der Waals surface area (Å²) in [6, 6.07) is 7.20. The van der Waals surface area contributed by atoms with E-state index in [2.05, 4.69) is 35.9 Å². The average Bonchev–Trinajstić information content (AvgIpc) is 3.11. The van der Waals surface area contributed by atoms with E-state index in [0.717, 1.165) is 29.1 Å². The number of urea groups is 1. The Kier molecular flexibility index (Phi) is 5.65. The summed E-state index contributed by atoms with van der Waals surface area (Å²) in [7, 11) is 0. The van der Waals surface area contributed by atoms with Gasteiger partial charge in [0, 0.05) is 36.6 Å². The number of hydrogen-bond acceptors (Lipinski definition) is 5. The Morgan fingerprint density at radius 1 is 1.07 bits per heavy atom. The van der Waals surface area contributed by atoms with E-state index in [1.807, 2.05) is 51.2 Å². The molecule has 0 bridgehead atoms. The summed E-state index contributed by atoms with van der Waals surface area (Å²) in [5.41, 5.74) is 4.74. The summed E-state index contributed by atoms with van der Waals surface area (Å²) in [4.78, 5) is 27.9. The summed E-state index contributed by atoms with van der Waals surface area (Å²) >= 11 is 0. The number of amides is 2. The first-order valence-electron chi connectivity index (χ1n) is 8.72. The quantitative estimate of drug-likeness (QED) is 0.535. The molecule has 3 aromatic rings. The van der Waals surface area contributed by atoms with Crippen LogP contribution in [0.2, 0.25) is 0 Å². The molecule has 0 saturated heterocycles. The fourth-order valence-corrected chi connectivity index (χ4v) is 2.54. The molecule has 140 valence electrons. The van der Waals surface area contributed by atoms with Crippen LogP contribution in [-0.2, 0) is 6.42 Å². The highest BCUT2D eigenvalue weighted by Gasteiger charge is 2.08. The van der Waals surface area contributed by atoms with Crippen LogP contribution in [0.4, 0.5) is 22.2 Å². The molecule has 3 rings (SSSR count). The van der Waals surface area contributed by atoms with Crippen molar-refractivity contribution in [3.8, 4) is 0 Å². The van der Waals surface area contributed by atoms with Crippen LogP contribution in [-0.4, -0.2) is 32.5 Å². The Hall–Kier alpha value is -3.42. The molecular formula is C19H23N7O. The first-order chi connectivity index (χ1) is 13.0. The van der Waals surface area contributed by atoms with E-state index in [9.17, 15) is 4.79 Å². The molecule has 0 fully saturated rings. The summed E-state index contributed by atoms with van der Waals surface area (Å²) in [6.07, 6.45) is 4.28. The van der Waals surface area contributed by atoms with Gasteiger partial charge in [0.15, 0.2) is 0 Å². The lowest BCUT2D eigenvalue weighted by Crippen LogP contribution is -2.21. The number of rotatable bonds is 6. The molecule has 0 aliphatic rings. The monoisotopic (exact) mass is 365 g/mol. The maximum Gasteiger partial charge on any atom is 0.326 e. The molecular weight excluding hydrogens is 342 g/mol. The van der Waals surface area contributed by atoms with Crippen molar-refractivity contribution >= 4 is 23.5 Å². The fraction of sp³-hybridized carbons (Fsp3) is 0.263. The standard InChI is InChI=1S/C19H23N7O/c1-12-4-5-15(8-13(12)2)24-19(27)26-18-23-14(3)9-17(25-18)21-7-6-16-10-20-11-22-16/h4-5,8-11H,6-7H2,1-3H3,(H,20,22)(H3,21,23,24,25,26,27). The van der Waals surface area contributed by atoms with Gasteiger partial charge in [-0.2, -0.15) is 4.98 Å². The van der Waals surface area contributed by atoms with Gasteiger partial charge in [-0.15, -0.1) is 0 Å². The fourth-order valence-electron chi connectivity index (χ4n) is 2.54. The number of hydrogen-bond donors (Lipinski definition) is 4. The summed E-state index contributed by atoms with van der Waals surface area (Å²) in [5.74, 6) is 0.901. The van der Waals surface area contributed by atoms with Crippen molar-refractivity contribution in [2.75, 3.05) is 22.5 Å². The van der Waals surface area contributed by atoms with Crippen molar-refractivity contribution in [2.45, 2.75) is 27.2 Å². The lowest BCUT2D eigenvalue weighted by atomic mass is 10.1. The maximum absolute atomic E-state index is 12.2. The van der Waals surface area contributed by atoms with Gasteiger partial charge in [-0.1, -0.05) is 6.07 Å². The van der Waals surface area contributed by atoms with Crippen molar-refractivity contribution in [3.05, 3.63) is 59.3 Å². The zero-order valence-electron chi connectivity index (χ0n) is 15.6. The number of aromatic amines is 1. The van der Waals surface area contributed by atoms with E-state index in [0.29, 0.717) is 12.4 Å². The van der Waals surface area contributed by atoms with E-state index in [1.54, 1.807) is 6.33 Å². The van der Waals surface area contributed by atoms with Gasteiger partial charge in [-0.05, 0) is 44.0 Å². The minimum Gasteiger partial charge on any atom is -0.370 e. The zero-order chi connectivity index (χ0) is 19.2. The van der Waals surface area contributed by atoms with Gasteiger partial charge < -0.3 is 15.6 Å². The smallest absolute Gasteiger partial charge is 0.326 e. The number of benzene rings is 1. The van der Waals surface area contributed by atoms with Crippen LogP contribution in [0.3, 0.4) is 0 Å². The van der Waals surface area contributed by atoms with Gasteiger partial charge in [-0.3, -0.25) is 5.32 Å². The summed E-state index contributed by atoms with van der Waals surface area (Å²) in [6.45, 7) is 6.56. The van der Waals surface area contributed by atoms with Crippen LogP contribution >= 0.6 is 0 Å². The summed E-state index contributed by atoms with van der Waals surface area (Å²) < 4.78 is 0. The third-order valence-electron chi connectivity index (χ3n) is 4.09. The highest BCUT2D eigenvalue weighted by atomic mass is 16.2. The summed E-state index contributed by atoms with van der Waals surface area (Å²) in [5, 5.41) is 8.70. The van der Waals surface area contributed by atoms with Gasteiger partial charge >= 0.3 is 6.03 Å². The molecule has 2 aromatic heterocycles. The number of anilines is 3. The van der Waals surface area contributed by atoms with Crippen molar-refractivity contribution < 1.29 is 4.79 Å². The molecule has 27 heavy (non-hydrogen) atoms. The molecule has 2 heterocycles. The lowest BCUT2D eigenvalue weighted by Gasteiger charge is -2.10. The second-order valence-electron chi connectivity index (χ2n) is 6.33. The van der Waals surface area contributed by atoms with E-state index in [1.165, 1.54) is 5.56 Å². The minimum atomic E-state index is -0.383. The first-order valence-corrected chi connectivity index (χ1v) is 8.72. The molecule has 0 radical (unpaired) electrons. The number of nitrogens with zero attached hydrogens (tertiary/aromatic N) is 3. The topological polar surface area (TPSA) is 108 Å². The third kappa shape index (κ3) is 5.27. The van der Waals surface area contributed by atoms with Crippen LogP contribution in [0.15, 0.2) is 36.8 Å². The molecule has 1 aromatic carbocycles. The molecule has 0 atom stereocenters. The van der Waals surface area contributed by atoms with Crippen LogP contribution in [0.5, 0.6) is 0 Å². The van der Waals surface area contributed by atoms with Gasteiger partial charge in [0.2, 0.25) is 5.95 Å². The number of aromatic nitrogens is 4. The van der Waals surface area contributed by atoms with Gasteiger partial charge in [0.05, 0.1) is 12.0 Å². The molecule has 0 aliphatic heterocycles. The third-order valence-corrected chi connectivity index (χ3v) is 4.09. The number of H-pyrrole nitrogens is 1. The molecule has 0 unspecified atom stereocenters. The normalized spacial score (nSPS) is 10.5. The molecule has 0 aliphatic carbocycles. The Bertz CT molecular complexity index is 922. The first kappa shape index (κ1) is 18.4. The molecule has 8 nitrogen and oxygen atoms in total. The average molecular weight is 365 g/mol. The van der Waals surface area contributed by atoms with E-state index in [-0.39, 0.29) is 12.0 Å². The molecule has 2 amide bonds. The molecule has 4 N–H and O–H groups in total. The van der Waals surface area contributed by atoms with Gasteiger partial charge in [0.1, 0.15) is 5.82 Å². The predicted molar refractivity (Wildman–Crippen MR) is 106 cm³/mol. The highest BCUT2D eigenvalue weighted by Crippen LogP contribution is 2.15. The van der Waals surface area contributed by atoms with Gasteiger partial charge in [0.25, 0.3) is 0 Å². The van der Waals surface area contributed by atoms with Crippen LogP contribution in [0.25, 0.3) is 0 Å². The lowest BCUT2D eigenvalue weighted by molar-refractivity contribution is 0.262. The molecule has 8 heteroatoms. The molecule has 0 saturated carbocycles. The van der Waals surface area contributed by atoms with Crippen molar-refractivity contribution in [2.24, 2.45) is 0 Å². The Balaban J connectivity index is 1.59. The Morgan fingerprint density at radius 3 is 2.67 bits per heavy atom. The number of imidazole rings is 1.